The van der Waals surface area contributed by atoms with Gasteiger partial charge < -0.3 is 10.2 Å². The summed E-state index contributed by atoms with van der Waals surface area (Å²) in [5.41, 5.74) is 3.41. The standard InChI is InChI=1S/C20H29N3OS/c1-14(2)16-9-7-15(8-10-16)12-23(6)19(24)21-11-17-13-25-18(22-17)20(3,4)5/h7-10,13-14H,11-12H2,1-6H3,(H,21,24). The van der Waals surface area contributed by atoms with Crippen LogP contribution >= 0.6 is 11.3 Å². The fourth-order valence-electron chi connectivity index (χ4n) is 2.39. The molecular formula is C20H29N3OS. The van der Waals surface area contributed by atoms with Gasteiger partial charge in [-0.1, -0.05) is 58.9 Å². The van der Waals surface area contributed by atoms with Gasteiger partial charge >= 0.3 is 6.03 Å². The molecule has 0 aliphatic heterocycles. The maximum atomic E-state index is 12.3. The molecular weight excluding hydrogens is 330 g/mol. The van der Waals surface area contributed by atoms with Gasteiger partial charge in [0.15, 0.2) is 0 Å². The number of rotatable bonds is 5. The van der Waals surface area contributed by atoms with Crippen LogP contribution in [0.25, 0.3) is 0 Å². The number of aromatic nitrogens is 1. The zero-order valence-electron chi connectivity index (χ0n) is 16.1. The Morgan fingerprint density at radius 1 is 1.24 bits per heavy atom. The Labute approximate surface area is 155 Å². The highest BCUT2D eigenvalue weighted by Gasteiger charge is 2.18. The van der Waals surface area contributed by atoms with Crippen molar-refractivity contribution in [2.45, 2.75) is 59.0 Å². The van der Waals surface area contributed by atoms with E-state index in [2.05, 4.69) is 69.2 Å². The van der Waals surface area contributed by atoms with Crippen LogP contribution in [0.2, 0.25) is 0 Å². The summed E-state index contributed by atoms with van der Waals surface area (Å²) in [6, 6.07) is 8.37. The molecule has 2 rings (SSSR count). The summed E-state index contributed by atoms with van der Waals surface area (Å²) in [5.74, 6) is 0.520. The Morgan fingerprint density at radius 2 is 1.88 bits per heavy atom. The minimum atomic E-state index is -0.0850. The van der Waals surface area contributed by atoms with Gasteiger partial charge in [-0.2, -0.15) is 0 Å². The van der Waals surface area contributed by atoms with Crippen LogP contribution in [-0.4, -0.2) is 23.0 Å². The number of nitrogens with one attached hydrogen (secondary N) is 1. The first-order valence-electron chi connectivity index (χ1n) is 8.69. The molecule has 2 amide bonds. The monoisotopic (exact) mass is 359 g/mol. The molecule has 1 aromatic carbocycles. The summed E-state index contributed by atoms with van der Waals surface area (Å²) >= 11 is 1.65. The van der Waals surface area contributed by atoms with Crippen LogP contribution in [-0.2, 0) is 18.5 Å². The lowest BCUT2D eigenvalue weighted by molar-refractivity contribution is 0.206. The van der Waals surface area contributed by atoms with Gasteiger partial charge in [-0.3, -0.25) is 0 Å². The molecule has 1 aromatic heterocycles. The minimum Gasteiger partial charge on any atom is -0.332 e. The number of carbonyl (C=O) groups excluding carboxylic acids is 1. The fraction of sp³-hybridized carbons (Fsp3) is 0.500. The second kappa shape index (κ2) is 8.00. The Morgan fingerprint density at radius 3 is 2.40 bits per heavy atom. The minimum absolute atomic E-state index is 0.0475. The maximum Gasteiger partial charge on any atom is 0.317 e. The van der Waals surface area contributed by atoms with Gasteiger partial charge in [0.1, 0.15) is 0 Å². The number of nitrogens with zero attached hydrogens (tertiary/aromatic N) is 2. The molecule has 0 radical (unpaired) electrons. The number of hydrogen-bond acceptors (Lipinski definition) is 3. The third-order valence-corrected chi connectivity index (χ3v) is 5.34. The molecule has 0 saturated heterocycles. The molecule has 25 heavy (non-hydrogen) atoms. The van der Waals surface area contributed by atoms with Gasteiger partial charge in [0.05, 0.1) is 17.2 Å². The lowest BCUT2D eigenvalue weighted by Crippen LogP contribution is -2.36. The van der Waals surface area contributed by atoms with E-state index in [0.717, 1.165) is 16.3 Å². The van der Waals surface area contributed by atoms with Crippen LogP contribution in [0.1, 0.15) is 62.4 Å². The SMILES string of the molecule is CC(C)c1ccc(CN(C)C(=O)NCc2csc(C(C)(C)C)n2)cc1. The van der Waals surface area contributed by atoms with E-state index < -0.39 is 0 Å². The molecule has 4 nitrogen and oxygen atoms in total. The van der Waals surface area contributed by atoms with Crippen LogP contribution in [0.15, 0.2) is 29.6 Å². The molecule has 136 valence electrons. The second-order valence-corrected chi connectivity index (χ2v) is 8.66. The zero-order valence-corrected chi connectivity index (χ0v) is 16.9. The number of urea groups is 1. The highest BCUT2D eigenvalue weighted by molar-refractivity contribution is 7.09. The third kappa shape index (κ3) is 5.56. The van der Waals surface area contributed by atoms with E-state index in [1.165, 1.54) is 5.56 Å². The highest BCUT2D eigenvalue weighted by atomic mass is 32.1. The van der Waals surface area contributed by atoms with E-state index in [0.29, 0.717) is 19.0 Å². The lowest BCUT2D eigenvalue weighted by Gasteiger charge is -2.18. The van der Waals surface area contributed by atoms with Gasteiger partial charge in [0.2, 0.25) is 0 Å². The van der Waals surface area contributed by atoms with E-state index >= 15 is 0 Å². The first kappa shape index (κ1) is 19.4. The summed E-state index contributed by atoms with van der Waals surface area (Å²) in [7, 11) is 1.81. The summed E-state index contributed by atoms with van der Waals surface area (Å²) < 4.78 is 0. The number of carbonyl (C=O) groups is 1. The van der Waals surface area contributed by atoms with Crippen molar-refractivity contribution in [3.63, 3.8) is 0 Å². The van der Waals surface area contributed by atoms with Crippen LogP contribution in [0, 0.1) is 0 Å². The molecule has 0 unspecified atom stereocenters. The average molecular weight is 360 g/mol. The summed E-state index contributed by atoms with van der Waals surface area (Å²) in [6.45, 7) is 11.8. The van der Waals surface area contributed by atoms with Gasteiger partial charge in [-0.05, 0) is 17.0 Å². The molecule has 1 N–H and O–H groups in total. The molecule has 0 spiro atoms. The highest BCUT2D eigenvalue weighted by Crippen LogP contribution is 2.25. The predicted molar refractivity (Wildman–Crippen MR) is 105 cm³/mol. The van der Waals surface area contributed by atoms with Crippen molar-refractivity contribution in [3.8, 4) is 0 Å². The maximum absolute atomic E-state index is 12.3. The first-order valence-corrected chi connectivity index (χ1v) is 9.57. The van der Waals surface area contributed by atoms with Crippen molar-refractivity contribution in [2.24, 2.45) is 0 Å². The molecule has 0 fully saturated rings. The Balaban J connectivity index is 1.86. The van der Waals surface area contributed by atoms with Crippen molar-refractivity contribution in [3.05, 3.63) is 51.5 Å². The second-order valence-electron chi connectivity index (χ2n) is 7.81. The largest absolute Gasteiger partial charge is 0.332 e. The number of benzene rings is 1. The van der Waals surface area contributed by atoms with E-state index in [9.17, 15) is 4.79 Å². The smallest absolute Gasteiger partial charge is 0.317 e. The van der Waals surface area contributed by atoms with E-state index in [1.54, 1.807) is 16.2 Å². The number of thiazole rings is 1. The fourth-order valence-corrected chi connectivity index (χ4v) is 3.29. The molecule has 0 aliphatic carbocycles. The quantitative estimate of drug-likeness (QED) is 0.825. The lowest BCUT2D eigenvalue weighted by atomic mass is 9.98. The van der Waals surface area contributed by atoms with Crippen LogP contribution < -0.4 is 5.32 Å². The van der Waals surface area contributed by atoms with E-state index in [4.69, 9.17) is 0 Å². The van der Waals surface area contributed by atoms with Gasteiger partial charge in [-0.15, -0.1) is 11.3 Å². The molecule has 0 atom stereocenters. The molecule has 0 saturated carbocycles. The average Bonchev–Trinajstić information content (AvgIpc) is 3.02. The Hall–Kier alpha value is -1.88. The van der Waals surface area contributed by atoms with Crippen molar-refractivity contribution in [1.29, 1.82) is 0 Å². The van der Waals surface area contributed by atoms with Gasteiger partial charge in [-0.25, -0.2) is 9.78 Å². The summed E-state index contributed by atoms with van der Waals surface area (Å²) in [6.07, 6.45) is 0. The van der Waals surface area contributed by atoms with Crippen molar-refractivity contribution < 1.29 is 4.79 Å². The van der Waals surface area contributed by atoms with Gasteiger partial charge in [0.25, 0.3) is 0 Å². The van der Waals surface area contributed by atoms with Crippen LogP contribution in [0.4, 0.5) is 4.79 Å². The predicted octanol–water partition coefficient (Wildman–Crippen LogP) is 4.91. The Bertz CT molecular complexity index is 698. The van der Waals surface area contributed by atoms with Crippen LogP contribution in [0.5, 0.6) is 0 Å². The number of amides is 2. The normalized spacial score (nSPS) is 11.6. The van der Waals surface area contributed by atoms with Crippen molar-refractivity contribution in [1.82, 2.24) is 15.2 Å². The molecule has 5 heteroatoms. The van der Waals surface area contributed by atoms with Crippen molar-refractivity contribution >= 4 is 17.4 Å². The van der Waals surface area contributed by atoms with E-state index in [1.807, 2.05) is 12.4 Å². The number of hydrogen-bond donors (Lipinski definition) is 1. The van der Waals surface area contributed by atoms with Crippen LogP contribution in [0.3, 0.4) is 0 Å². The summed E-state index contributed by atoms with van der Waals surface area (Å²) in [4.78, 5) is 18.6. The third-order valence-electron chi connectivity index (χ3n) is 4.03. The molecule has 2 aromatic rings. The molecule has 1 heterocycles. The van der Waals surface area contributed by atoms with Gasteiger partial charge in [0, 0.05) is 24.4 Å². The molecule has 0 aliphatic rings. The topological polar surface area (TPSA) is 45.2 Å². The molecule has 0 bridgehead atoms. The zero-order chi connectivity index (χ0) is 18.6. The Kier molecular flexibility index (Phi) is 6.22. The van der Waals surface area contributed by atoms with Crippen molar-refractivity contribution in [2.75, 3.05) is 7.05 Å². The van der Waals surface area contributed by atoms with E-state index in [-0.39, 0.29) is 11.4 Å². The first-order chi connectivity index (χ1) is 11.7. The summed E-state index contributed by atoms with van der Waals surface area (Å²) in [5, 5.41) is 6.06.